The molecule has 1 saturated heterocycles. The Kier molecular flexibility index (Phi) is 5.15. The lowest BCUT2D eigenvalue weighted by atomic mass is 10.1. The molecule has 4 rings (SSSR count). The number of likely N-dealkylation sites (tertiary alicyclic amines) is 1. The van der Waals surface area contributed by atoms with E-state index in [1.54, 1.807) is 7.11 Å². The third-order valence-corrected chi connectivity index (χ3v) is 5.44. The highest BCUT2D eigenvalue weighted by molar-refractivity contribution is 5.94. The van der Waals surface area contributed by atoms with Crippen molar-refractivity contribution in [2.24, 2.45) is 5.92 Å². The lowest BCUT2D eigenvalue weighted by Gasteiger charge is -2.18. The zero-order valence-corrected chi connectivity index (χ0v) is 16.3. The van der Waals surface area contributed by atoms with Crippen LogP contribution in [0.15, 0.2) is 60.8 Å². The Hall–Kier alpha value is -3.08. The Morgan fingerprint density at radius 1 is 1.14 bits per heavy atom. The molecule has 5 heteroatoms. The highest BCUT2D eigenvalue weighted by atomic mass is 16.5. The summed E-state index contributed by atoms with van der Waals surface area (Å²) in [5.74, 6) is 2.28. The fourth-order valence-corrected chi connectivity index (χ4v) is 3.85. The minimum absolute atomic E-state index is 0.0933. The predicted octanol–water partition coefficient (Wildman–Crippen LogP) is 4.03. The van der Waals surface area contributed by atoms with Gasteiger partial charge in [-0.05, 0) is 43.5 Å². The maximum absolute atomic E-state index is 12.8. The molecule has 0 aliphatic carbocycles. The summed E-state index contributed by atoms with van der Waals surface area (Å²) in [6.07, 6.45) is 2.94. The molecule has 2 heterocycles. The van der Waals surface area contributed by atoms with Crippen LogP contribution in [0.25, 0.3) is 11.4 Å². The zero-order valence-electron chi connectivity index (χ0n) is 16.3. The standard InChI is InChI=1S/C23H25N3O2/c1-17-14-24-22(19-6-4-3-5-7-19)26(17)16-18-12-13-25(15-18)23(27)20-8-10-21(28-2)11-9-20/h3-11,14,18H,12-13,15-16H2,1-2H3. The molecule has 1 aliphatic heterocycles. The first-order valence-electron chi connectivity index (χ1n) is 9.66. The molecule has 0 N–H and O–H groups in total. The summed E-state index contributed by atoms with van der Waals surface area (Å²) in [7, 11) is 1.63. The van der Waals surface area contributed by atoms with Crippen molar-refractivity contribution in [3.63, 3.8) is 0 Å². The van der Waals surface area contributed by atoms with E-state index in [1.165, 1.54) is 0 Å². The van der Waals surface area contributed by atoms with Crippen LogP contribution in [0.2, 0.25) is 0 Å². The van der Waals surface area contributed by atoms with E-state index < -0.39 is 0 Å². The van der Waals surface area contributed by atoms with Gasteiger partial charge in [-0.3, -0.25) is 4.79 Å². The van der Waals surface area contributed by atoms with Gasteiger partial charge in [0.25, 0.3) is 5.91 Å². The van der Waals surface area contributed by atoms with E-state index in [2.05, 4.69) is 28.6 Å². The summed E-state index contributed by atoms with van der Waals surface area (Å²) in [6, 6.07) is 17.6. The van der Waals surface area contributed by atoms with Gasteiger partial charge in [0.1, 0.15) is 11.6 Å². The zero-order chi connectivity index (χ0) is 19.5. The number of hydrogen-bond donors (Lipinski definition) is 0. The quantitative estimate of drug-likeness (QED) is 0.676. The second-order valence-corrected chi connectivity index (χ2v) is 7.33. The highest BCUT2D eigenvalue weighted by Gasteiger charge is 2.28. The van der Waals surface area contributed by atoms with Crippen LogP contribution >= 0.6 is 0 Å². The molecular formula is C23H25N3O2. The number of amides is 1. The Labute approximate surface area is 165 Å². The van der Waals surface area contributed by atoms with Crippen LogP contribution in [0.5, 0.6) is 5.75 Å². The lowest BCUT2D eigenvalue weighted by Crippen LogP contribution is -2.29. The third kappa shape index (κ3) is 3.65. The van der Waals surface area contributed by atoms with Gasteiger partial charge in [0.15, 0.2) is 0 Å². The van der Waals surface area contributed by atoms with Crippen molar-refractivity contribution >= 4 is 5.91 Å². The molecule has 0 bridgehead atoms. The molecule has 1 aromatic heterocycles. The Morgan fingerprint density at radius 3 is 2.61 bits per heavy atom. The Morgan fingerprint density at radius 2 is 1.89 bits per heavy atom. The molecule has 5 nitrogen and oxygen atoms in total. The molecule has 0 spiro atoms. The highest BCUT2D eigenvalue weighted by Crippen LogP contribution is 2.25. The molecule has 144 valence electrons. The number of nitrogens with zero attached hydrogens (tertiary/aromatic N) is 3. The summed E-state index contributed by atoms with van der Waals surface area (Å²) in [5.41, 5.74) is 2.99. The lowest BCUT2D eigenvalue weighted by molar-refractivity contribution is 0.0786. The van der Waals surface area contributed by atoms with E-state index in [4.69, 9.17) is 4.74 Å². The van der Waals surface area contributed by atoms with E-state index in [-0.39, 0.29) is 5.91 Å². The van der Waals surface area contributed by atoms with E-state index in [9.17, 15) is 4.79 Å². The molecule has 0 saturated carbocycles. The molecular weight excluding hydrogens is 350 g/mol. The molecule has 1 unspecified atom stereocenters. The maximum atomic E-state index is 12.8. The van der Waals surface area contributed by atoms with Crippen molar-refractivity contribution in [1.29, 1.82) is 0 Å². The largest absolute Gasteiger partial charge is 0.497 e. The summed E-state index contributed by atoms with van der Waals surface area (Å²) < 4.78 is 7.45. The second-order valence-electron chi connectivity index (χ2n) is 7.33. The van der Waals surface area contributed by atoms with Gasteiger partial charge in [-0.1, -0.05) is 30.3 Å². The van der Waals surface area contributed by atoms with Crippen molar-refractivity contribution in [2.45, 2.75) is 19.9 Å². The minimum atomic E-state index is 0.0933. The first-order chi connectivity index (χ1) is 13.7. The smallest absolute Gasteiger partial charge is 0.253 e. The minimum Gasteiger partial charge on any atom is -0.497 e. The number of ether oxygens (including phenoxy) is 1. The number of rotatable bonds is 5. The SMILES string of the molecule is COc1ccc(C(=O)N2CCC(Cn3c(C)cnc3-c3ccccc3)C2)cc1. The van der Waals surface area contributed by atoms with Gasteiger partial charge in [-0.2, -0.15) is 0 Å². The first-order valence-corrected chi connectivity index (χ1v) is 9.66. The molecule has 1 aliphatic rings. The van der Waals surface area contributed by atoms with Crippen LogP contribution < -0.4 is 4.74 Å². The number of benzene rings is 2. The first kappa shape index (κ1) is 18.3. The fourth-order valence-electron chi connectivity index (χ4n) is 3.85. The van der Waals surface area contributed by atoms with E-state index in [1.807, 2.05) is 53.6 Å². The fraction of sp³-hybridized carbons (Fsp3) is 0.304. The summed E-state index contributed by atoms with van der Waals surface area (Å²) >= 11 is 0. The number of aryl methyl sites for hydroxylation is 1. The van der Waals surface area contributed by atoms with Crippen LogP contribution in [0, 0.1) is 12.8 Å². The van der Waals surface area contributed by atoms with Gasteiger partial charge in [0.05, 0.1) is 7.11 Å². The summed E-state index contributed by atoms with van der Waals surface area (Å²) in [4.78, 5) is 19.4. The monoisotopic (exact) mass is 375 g/mol. The van der Waals surface area contributed by atoms with Gasteiger partial charge in [-0.25, -0.2) is 4.98 Å². The topological polar surface area (TPSA) is 47.4 Å². The number of carbonyl (C=O) groups excluding carboxylic acids is 1. The van der Waals surface area contributed by atoms with Gasteiger partial charge in [0, 0.05) is 42.7 Å². The molecule has 0 radical (unpaired) electrons. The molecule has 2 aromatic carbocycles. The molecule has 3 aromatic rings. The Balaban J connectivity index is 1.45. The van der Waals surface area contributed by atoms with Gasteiger partial charge >= 0.3 is 0 Å². The van der Waals surface area contributed by atoms with E-state index >= 15 is 0 Å². The van der Waals surface area contributed by atoms with Crippen LogP contribution in [-0.4, -0.2) is 40.6 Å². The molecule has 1 amide bonds. The average Bonchev–Trinajstić information content (AvgIpc) is 3.36. The van der Waals surface area contributed by atoms with E-state index in [0.29, 0.717) is 11.5 Å². The number of aromatic nitrogens is 2. The Bertz CT molecular complexity index is 948. The summed E-state index contributed by atoms with van der Waals surface area (Å²) in [5, 5.41) is 0. The van der Waals surface area contributed by atoms with Crippen LogP contribution in [0.3, 0.4) is 0 Å². The average molecular weight is 375 g/mol. The normalized spacial score (nSPS) is 16.4. The van der Waals surface area contributed by atoms with Crippen LogP contribution in [0.4, 0.5) is 0 Å². The van der Waals surface area contributed by atoms with Crippen molar-refractivity contribution in [1.82, 2.24) is 14.5 Å². The van der Waals surface area contributed by atoms with Crippen molar-refractivity contribution < 1.29 is 9.53 Å². The van der Waals surface area contributed by atoms with Crippen molar-refractivity contribution in [2.75, 3.05) is 20.2 Å². The number of carbonyl (C=O) groups is 1. The van der Waals surface area contributed by atoms with Crippen LogP contribution in [0.1, 0.15) is 22.5 Å². The maximum Gasteiger partial charge on any atom is 0.253 e. The predicted molar refractivity (Wildman–Crippen MR) is 109 cm³/mol. The number of methoxy groups -OCH3 is 1. The summed E-state index contributed by atoms with van der Waals surface area (Å²) in [6.45, 7) is 4.54. The van der Waals surface area contributed by atoms with E-state index in [0.717, 1.165) is 48.9 Å². The number of hydrogen-bond acceptors (Lipinski definition) is 3. The van der Waals surface area contributed by atoms with Crippen molar-refractivity contribution in [3.05, 3.63) is 72.1 Å². The molecule has 28 heavy (non-hydrogen) atoms. The number of imidazole rings is 1. The third-order valence-electron chi connectivity index (χ3n) is 5.44. The van der Waals surface area contributed by atoms with Gasteiger partial charge < -0.3 is 14.2 Å². The van der Waals surface area contributed by atoms with Crippen molar-refractivity contribution in [3.8, 4) is 17.1 Å². The molecule has 1 atom stereocenters. The van der Waals surface area contributed by atoms with Gasteiger partial charge in [-0.15, -0.1) is 0 Å². The van der Waals surface area contributed by atoms with Crippen LogP contribution in [-0.2, 0) is 6.54 Å². The molecule has 1 fully saturated rings. The van der Waals surface area contributed by atoms with Gasteiger partial charge in [0.2, 0.25) is 0 Å². The second kappa shape index (κ2) is 7.89.